The fraction of sp³-hybridized carbons (Fsp3) is 0.308. The molecule has 2 nitrogen and oxygen atoms in total. The number of hydrogen-bond acceptors (Lipinski definition) is 2. The van der Waals surface area contributed by atoms with Crippen molar-refractivity contribution in [2.45, 2.75) is 31.0 Å². The Balaban J connectivity index is 1.60. The Morgan fingerprint density at radius 2 is 1.61 bits per heavy atom. The van der Waals surface area contributed by atoms with Crippen molar-refractivity contribution in [3.63, 3.8) is 0 Å². The summed E-state index contributed by atoms with van der Waals surface area (Å²) in [6, 6.07) is 15.9. The number of piperidine rings is 1. The molecule has 1 aliphatic rings. The molecule has 174 valence electrons. The largest absolute Gasteiger partial charge is 0.416 e. The van der Waals surface area contributed by atoms with Crippen molar-refractivity contribution in [3.05, 3.63) is 95.1 Å². The predicted octanol–water partition coefficient (Wildman–Crippen LogP) is 6.49. The second-order valence-corrected chi connectivity index (χ2v) is 8.43. The molecule has 0 unspecified atom stereocenters. The highest BCUT2D eigenvalue weighted by atomic mass is 19.4. The van der Waals surface area contributed by atoms with Gasteiger partial charge >= 0.3 is 6.18 Å². The van der Waals surface area contributed by atoms with E-state index in [9.17, 15) is 22.0 Å². The minimum absolute atomic E-state index is 0.0416. The van der Waals surface area contributed by atoms with Gasteiger partial charge in [0, 0.05) is 11.0 Å². The Kier molecular flexibility index (Phi) is 6.81. The monoisotopic (exact) mass is 461 g/mol. The van der Waals surface area contributed by atoms with Crippen LogP contribution >= 0.6 is 0 Å². The maximum Gasteiger partial charge on any atom is 0.416 e. The van der Waals surface area contributed by atoms with Crippen LogP contribution < -0.4 is 5.32 Å². The summed E-state index contributed by atoms with van der Waals surface area (Å²) in [6.45, 7) is 1.92. The molecule has 1 aliphatic heterocycles. The van der Waals surface area contributed by atoms with E-state index in [-0.39, 0.29) is 28.7 Å². The number of hydrogen-bond donors (Lipinski definition) is 1. The van der Waals surface area contributed by atoms with Crippen LogP contribution in [0.3, 0.4) is 0 Å². The van der Waals surface area contributed by atoms with Crippen molar-refractivity contribution in [3.8, 4) is 11.1 Å². The zero-order valence-electron chi connectivity index (χ0n) is 17.9. The van der Waals surface area contributed by atoms with Crippen LogP contribution in [0.25, 0.3) is 11.1 Å². The van der Waals surface area contributed by atoms with Crippen molar-refractivity contribution in [2.75, 3.05) is 19.7 Å². The third kappa shape index (κ3) is 5.42. The molecule has 0 bridgehead atoms. The minimum Gasteiger partial charge on any atom is -0.376 e. The normalized spacial score (nSPS) is 16.0. The van der Waals surface area contributed by atoms with E-state index in [1.54, 1.807) is 0 Å². The van der Waals surface area contributed by atoms with Crippen LogP contribution in [0, 0.1) is 11.6 Å². The average Bonchev–Trinajstić information content (AvgIpc) is 2.81. The van der Waals surface area contributed by atoms with Crippen LogP contribution in [0.5, 0.6) is 0 Å². The zero-order valence-corrected chi connectivity index (χ0v) is 17.9. The molecule has 3 aromatic rings. The summed E-state index contributed by atoms with van der Waals surface area (Å²) in [7, 11) is 0. The summed E-state index contributed by atoms with van der Waals surface area (Å²) in [4.78, 5) is 0. The molecule has 0 saturated carbocycles. The Labute approximate surface area is 189 Å². The lowest BCUT2D eigenvalue weighted by Crippen LogP contribution is -2.43. The van der Waals surface area contributed by atoms with E-state index < -0.39 is 23.4 Å². The van der Waals surface area contributed by atoms with Gasteiger partial charge in [-0.25, -0.2) is 8.78 Å². The van der Waals surface area contributed by atoms with Crippen molar-refractivity contribution < 1.29 is 26.7 Å². The topological polar surface area (TPSA) is 21.3 Å². The summed E-state index contributed by atoms with van der Waals surface area (Å²) >= 11 is 0. The van der Waals surface area contributed by atoms with Gasteiger partial charge in [0.05, 0.1) is 18.8 Å². The van der Waals surface area contributed by atoms with Gasteiger partial charge in [0.15, 0.2) is 0 Å². The van der Waals surface area contributed by atoms with E-state index in [1.807, 2.05) is 30.3 Å². The SMILES string of the molecule is Fc1ccc(F)c(-c2cc(COCC3(c4ccccc4)CCNCC3)cc(C(F)(F)F)c2)c1. The van der Waals surface area contributed by atoms with Gasteiger partial charge in [-0.2, -0.15) is 13.2 Å². The van der Waals surface area contributed by atoms with Gasteiger partial charge in [-0.3, -0.25) is 0 Å². The highest BCUT2D eigenvalue weighted by Crippen LogP contribution is 2.36. The van der Waals surface area contributed by atoms with E-state index in [0.717, 1.165) is 61.8 Å². The third-order valence-electron chi connectivity index (χ3n) is 6.15. The number of benzene rings is 3. The molecule has 1 saturated heterocycles. The second kappa shape index (κ2) is 9.61. The van der Waals surface area contributed by atoms with Crippen LogP contribution in [0.1, 0.15) is 29.5 Å². The van der Waals surface area contributed by atoms with E-state index in [4.69, 9.17) is 4.74 Å². The number of halogens is 5. The first-order valence-corrected chi connectivity index (χ1v) is 10.8. The molecule has 1 fully saturated rings. The second-order valence-electron chi connectivity index (χ2n) is 8.43. The average molecular weight is 461 g/mol. The van der Waals surface area contributed by atoms with Crippen LogP contribution in [0.2, 0.25) is 0 Å². The summed E-state index contributed by atoms with van der Waals surface area (Å²) in [5.41, 5.74) is -0.0341. The molecular weight excluding hydrogens is 437 g/mol. The molecule has 0 aliphatic carbocycles. The first-order valence-electron chi connectivity index (χ1n) is 10.8. The van der Waals surface area contributed by atoms with Gasteiger partial charge in [-0.05, 0) is 79.0 Å². The van der Waals surface area contributed by atoms with E-state index >= 15 is 0 Å². The van der Waals surface area contributed by atoms with Crippen molar-refractivity contribution in [1.82, 2.24) is 5.32 Å². The van der Waals surface area contributed by atoms with Gasteiger partial charge < -0.3 is 10.1 Å². The number of nitrogens with one attached hydrogen (secondary N) is 1. The first-order chi connectivity index (χ1) is 15.8. The molecule has 7 heteroatoms. The first kappa shape index (κ1) is 23.4. The summed E-state index contributed by atoms with van der Waals surface area (Å²) in [5, 5.41) is 3.33. The lowest BCUT2D eigenvalue weighted by atomic mass is 9.74. The Bertz CT molecular complexity index is 1090. The van der Waals surface area contributed by atoms with E-state index in [2.05, 4.69) is 5.32 Å². The highest BCUT2D eigenvalue weighted by Gasteiger charge is 2.34. The van der Waals surface area contributed by atoms with Gasteiger partial charge in [-0.15, -0.1) is 0 Å². The molecule has 33 heavy (non-hydrogen) atoms. The zero-order chi connectivity index (χ0) is 23.5. The highest BCUT2D eigenvalue weighted by molar-refractivity contribution is 5.66. The molecule has 4 rings (SSSR count). The van der Waals surface area contributed by atoms with Crippen molar-refractivity contribution in [2.24, 2.45) is 0 Å². The summed E-state index contributed by atoms with van der Waals surface area (Å²) in [5.74, 6) is -1.52. The predicted molar refractivity (Wildman–Crippen MR) is 117 cm³/mol. The fourth-order valence-corrected chi connectivity index (χ4v) is 4.39. The lowest BCUT2D eigenvalue weighted by Gasteiger charge is -2.38. The van der Waals surface area contributed by atoms with Crippen molar-refractivity contribution in [1.29, 1.82) is 0 Å². The Morgan fingerprint density at radius 3 is 2.30 bits per heavy atom. The van der Waals surface area contributed by atoms with Crippen LogP contribution in [0.15, 0.2) is 66.7 Å². The number of ether oxygens (including phenoxy) is 1. The smallest absolute Gasteiger partial charge is 0.376 e. The molecule has 0 spiro atoms. The van der Waals surface area contributed by atoms with Crippen LogP contribution in [-0.2, 0) is 22.9 Å². The van der Waals surface area contributed by atoms with E-state index in [1.165, 1.54) is 6.07 Å². The summed E-state index contributed by atoms with van der Waals surface area (Å²) < 4.78 is 74.5. The molecule has 0 atom stereocenters. The molecular formula is C26H24F5NO. The molecule has 0 radical (unpaired) electrons. The standard InChI is InChI=1S/C26H24F5NO/c27-22-6-7-24(28)23(15-22)19-12-18(13-21(14-19)26(29,30)31)16-33-17-25(8-10-32-11-9-25)20-4-2-1-3-5-20/h1-7,12-15,32H,8-11,16-17H2. The molecule has 0 amide bonds. The number of rotatable bonds is 6. The van der Waals surface area contributed by atoms with Gasteiger partial charge in [-0.1, -0.05) is 30.3 Å². The van der Waals surface area contributed by atoms with E-state index in [0.29, 0.717) is 6.61 Å². The maximum atomic E-state index is 14.3. The number of alkyl halides is 3. The molecule has 1 heterocycles. The third-order valence-corrected chi connectivity index (χ3v) is 6.15. The van der Waals surface area contributed by atoms with Crippen molar-refractivity contribution >= 4 is 0 Å². The minimum atomic E-state index is -4.63. The summed E-state index contributed by atoms with van der Waals surface area (Å²) in [6.07, 6.45) is -2.94. The quantitative estimate of drug-likeness (QED) is 0.424. The van der Waals surface area contributed by atoms with Crippen LogP contribution in [0.4, 0.5) is 22.0 Å². The molecule has 0 aromatic heterocycles. The Hall–Kier alpha value is -2.77. The van der Waals surface area contributed by atoms with Gasteiger partial charge in [0.25, 0.3) is 0 Å². The fourth-order valence-electron chi connectivity index (χ4n) is 4.39. The van der Waals surface area contributed by atoms with Gasteiger partial charge in [0.1, 0.15) is 11.6 Å². The van der Waals surface area contributed by atoms with Crippen LogP contribution in [-0.4, -0.2) is 19.7 Å². The molecule has 3 aromatic carbocycles. The Morgan fingerprint density at radius 1 is 0.879 bits per heavy atom. The maximum absolute atomic E-state index is 14.3. The lowest BCUT2D eigenvalue weighted by molar-refractivity contribution is -0.137. The van der Waals surface area contributed by atoms with Gasteiger partial charge in [0.2, 0.25) is 0 Å². The molecule has 1 N–H and O–H groups in total.